The second kappa shape index (κ2) is 6.02. The van der Waals surface area contributed by atoms with E-state index in [9.17, 15) is 4.79 Å². The molecule has 1 saturated heterocycles. The number of ether oxygens (including phenoxy) is 1. The Morgan fingerprint density at radius 3 is 2.78 bits per heavy atom. The average Bonchev–Trinajstić information content (AvgIpc) is 2.38. The van der Waals surface area contributed by atoms with E-state index in [0.29, 0.717) is 11.8 Å². The average molecular weight is 254 g/mol. The van der Waals surface area contributed by atoms with Crippen LogP contribution in [0.5, 0.6) is 0 Å². The number of hydrogen-bond acceptors (Lipinski definition) is 3. The van der Waals surface area contributed by atoms with Crippen molar-refractivity contribution >= 4 is 5.91 Å². The van der Waals surface area contributed by atoms with Gasteiger partial charge in [-0.05, 0) is 31.6 Å². The minimum atomic E-state index is 0.152. The van der Waals surface area contributed by atoms with Crippen molar-refractivity contribution in [1.82, 2.24) is 4.90 Å². The summed E-state index contributed by atoms with van der Waals surface area (Å²) < 4.78 is 5.47. The molecule has 4 heteroatoms. The molecule has 2 fully saturated rings. The van der Waals surface area contributed by atoms with Crippen LogP contribution in [0, 0.1) is 11.8 Å². The molecule has 4 unspecified atom stereocenters. The molecule has 1 heterocycles. The molecule has 1 aliphatic carbocycles. The molecule has 1 amide bonds. The fraction of sp³-hybridized carbons (Fsp3) is 0.929. The molecule has 2 N–H and O–H groups in total. The quantitative estimate of drug-likeness (QED) is 0.810. The van der Waals surface area contributed by atoms with Crippen LogP contribution in [0.25, 0.3) is 0 Å². The summed E-state index contributed by atoms with van der Waals surface area (Å²) in [5, 5.41) is 0. The number of amides is 1. The molecule has 1 saturated carbocycles. The van der Waals surface area contributed by atoms with Crippen LogP contribution in [0.2, 0.25) is 0 Å². The number of carbonyl (C=O) groups is 1. The molecule has 1 aliphatic heterocycles. The second-order valence-electron chi connectivity index (χ2n) is 5.95. The molecule has 4 atom stereocenters. The molecule has 0 aromatic carbocycles. The first-order chi connectivity index (χ1) is 8.61. The van der Waals surface area contributed by atoms with Gasteiger partial charge < -0.3 is 15.4 Å². The molecule has 0 aromatic rings. The Kier molecular flexibility index (Phi) is 4.62. The van der Waals surface area contributed by atoms with Crippen LogP contribution >= 0.6 is 0 Å². The van der Waals surface area contributed by atoms with Crippen molar-refractivity contribution in [2.75, 3.05) is 20.2 Å². The highest BCUT2D eigenvalue weighted by Crippen LogP contribution is 2.27. The molecule has 104 valence electrons. The SMILES string of the molecule is COC1CN(C(=O)C2CCCC(N)C2)CCC1C. The highest BCUT2D eigenvalue weighted by atomic mass is 16.5. The van der Waals surface area contributed by atoms with Crippen LogP contribution in [0.15, 0.2) is 0 Å². The molecular weight excluding hydrogens is 228 g/mol. The number of methoxy groups -OCH3 is 1. The van der Waals surface area contributed by atoms with E-state index in [1.807, 2.05) is 4.90 Å². The summed E-state index contributed by atoms with van der Waals surface area (Å²) in [7, 11) is 1.74. The summed E-state index contributed by atoms with van der Waals surface area (Å²) in [6.07, 6.45) is 5.28. The predicted octanol–water partition coefficient (Wildman–Crippen LogP) is 1.39. The molecule has 18 heavy (non-hydrogen) atoms. The zero-order valence-electron chi connectivity index (χ0n) is 11.6. The first kappa shape index (κ1) is 13.8. The Labute approximate surface area is 110 Å². The van der Waals surface area contributed by atoms with Crippen LogP contribution in [-0.4, -0.2) is 43.2 Å². The highest BCUT2D eigenvalue weighted by Gasteiger charge is 2.33. The summed E-state index contributed by atoms with van der Waals surface area (Å²) in [6, 6.07) is 0.217. The van der Waals surface area contributed by atoms with Gasteiger partial charge in [0.25, 0.3) is 0 Å². The standard InChI is InChI=1S/C14H26N2O2/c1-10-6-7-16(9-13(10)18-2)14(17)11-4-3-5-12(15)8-11/h10-13H,3-9,15H2,1-2H3. The van der Waals surface area contributed by atoms with Crippen LogP contribution in [0.3, 0.4) is 0 Å². The lowest BCUT2D eigenvalue weighted by Gasteiger charge is -2.39. The van der Waals surface area contributed by atoms with Gasteiger partial charge >= 0.3 is 0 Å². The Bertz CT molecular complexity index is 296. The van der Waals surface area contributed by atoms with Gasteiger partial charge in [-0.15, -0.1) is 0 Å². The van der Waals surface area contributed by atoms with Crippen molar-refractivity contribution in [2.45, 2.75) is 51.2 Å². The van der Waals surface area contributed by atoms with Crippen molar-refractivity contribution < 1.29 is 9.53 Å². The van der Waals surface area contributed by atoms with E-state index in [1.54, 1.807) is 7.11 Å². The molecule has 0 aromatic heterocycles. The normalized spacial score (nSPS) is 37.6. The molecule has 0 radical (unpaired) electrons. The summed E-state index contributed by atoms with van der Waals surface area (Å²) >= 11 is 0. The van der Waals surface area contributed by atoms with E-state index in [4.69, 9.17) is 10.5 Å². The third kappa shape index (κ3) is 3.04. The van der Waals surface area contributed by atoms with Crippen molar-refractivity contribution in [3.8, 4) is 0 Å². The monoisotopic (exact) mass is 254 g/mol. The summed E-state index contributed by atoms with van der Waals surface area (Å²) in [6.45, 7) is 3.83. The Morgan fingerprint density at radius 1 is 1.33 bits per heavy atom. The Morgan fingerprint density at radius 2 is 2.11 bits per heavy atom. The van der Waals surface area contributed by atoms with E-state index in [1.165, 1.54) is 0 Å². The smallest absolute Gasteiger partial charge is 0.225 e. The summed E-state index contributed by atoms with van der Waals surface area (Å²) in [5.74, 6) is 1.01. The zero-order valence-corrected chi connectivity index (χ0v) is 11.6. The molecule has 2 aliphatic rings. The number of likely N-dealkylation sites (tertiary alicyclic amines) is 1. The van der Waals surface area contributed by atoms with Gasteiger partial charge in [-0.3, -0.25) is 4.79 Å². The van der Waals surface area contributed by atoms with Gasteiger partial charge in [-0.25, -0.2) is 0 Å². The molecule has 0 bridgehead atoms. The zero-order chi connectivity index (χ0) is 13.1. The summed E-state index contributed by atoms with van der Waals surface area (Å²) in [4.78, 5) is 14.5. The number of nitrogens with zero attached hydrogens (tertiary/aromatic N) is 1. The predicted molar refractivity (Wildman–Crippen MR) is 71.1 cm³/mol. The number of piperidine rings is 1. The molecule has 2 rings (SSSR count). The maximum Gasteiger partial charge on any atom is 0.225 e. The first-order valence-corrected chi connectivity index (χ1v) is 7.19. The lowest BCUT2D eigenvalue weighted by atomic mass is 9.84. The number of hydrogen-bond donors (Lipinski definition) is 1. The fourth-order valence-corrected chi connectivity index (χ4v) is 3.25. The van der Waals surface area contributed by atoms with E-state index < -0.39 is 0 Å². The van der Waals surface area contributed by atoms with Crippen molar-refractivity contribution in [3.63, 3.8) is 0 Å². The number of nitrogens with two attached hydrogens (primary N) is 1. The topological polar surface area (TPSA) is 55.6 Å². The van der Waals surface area contributed by atoms with E-state index in [2.05, 4.69) is 6.92 Å². The largest absolute Gasteiger partial charge is 0.379 e. The van der Waals surface area contributed by atoms with Gasteiger partial charge in [0.15, 0.2) is 0 Å². The van der Waals surface area contributed by atoms with Crippen LogP contribution < -0.4 is 5.73 Å². The van der Waals surface area contributed by atoms with E-state index in [-0.39, 0.29) is 18.1 Å². The van der Waals surface area contributed by atoms with Gasteiger partial charge in [-0.2, -0.15) is 0 Å². The first-order valence-electron chi connectivity index (χ1n) is 7.19. The van der Waals surface area contributed by atoms with Crippen LogP contribution in [0.1, 0.15) is 39.0 Å². The minimum absolute atomic E-state index is 0.152. The van der Waals surface area contributed by atoms with Gasteiger partial charge in [0.2, 0.25) is 5.91 Å². The Balaban J connectivity index is 1.92. The molecule has 4 nitrogen and oxygen atoms in total. The van der Waals surface area contributed by atoms with Crippen LogP contribution in [0.4, 0.5) is 0 Å². The number of carbonyl (C=O) groups excluding carboxylic acids is 1. The van der Waals surface area contributed by atoms with Crippen molar-refractivity contribution in [1.29, 1.82) is 0 Å². The lowest BCUT2D eigenvalue weighted by Crippen LogP contribution is -2.49. The van der Waals surface area contributed by atoms with Gasteiger partial charge in [0.1, 0.15) is 0 Å². The van der Waals surface area contributed by atoms with E-state index in [0.717, 1.165) is 45.2 Å². The molecule has 0 spiro atoms. The maximum atomic E-state index is 12.5. The Hall–Kier alpha value is -0.610. The van der Waals surface area contributed by atoms with Gasteiger partial charge in [-0.1, -0.05) is 13.3 Å². The fourth-order valence-electron chi connectivity index (χ4n) is 3.25. The number of rotatable bonds is 2. The van der Waals surface area contributed by atoms with Gasteiger partial charge in [0.05, 0.1) is 6.10 Å². The third-order valence-corrected chi connectivity index (χ3v) is 4.57. The summed E-state index contributed by atoms with van der Waals surface area (Å²) in [5.41, 5.74) is 5.97. The van der Waals surface area contributed by atoms with Gasteiger partial charge in [0, 0.05) is 32.2 Å². The lowest BCUT2D eigenvalue weighted by molar-refractivity contribution is -0.141. The van der Waals surface area contributed by atoms with Crippen molar-refractivity contribution in [2.24, 2.45) is 17.6 Å². The van der Waals surface area contributed by atoms with E-state index >= 15 is 0 Å². The minimum Gasteiger partial charge on any atom is -0.379 e. The maximum absolute atomic E-state index is 12.5. The highest BCUT2D eigenvalue weighted by molar-refractivity contribution is 5.79. The third-order valence-electron chi connectivity index (χ3n) is 4.57. The second-order valence-corrected chi connectivity index (χ2v) is 5.95. The van der Waals surface area contributed by atoms with Crippen molar-refractivity contribution in [3.05, 3.63) is 0 Å². The molecular formula is C14H26N2O2. The van der Waals surface area contributed by atoms with Crippen LogP contribution in [-0.2, 0) is 9.53 Å².